The molecule has 4 nitrogen and oxygen atoms in total. The van der Waals surface area contributed by atoms with Crippen LogP contribution in [0, 0.1) is 0 Å². The van der Waals surface area contributed by atoms with Crippen molar-refractivity contribution < 1.29 is 9.59 Å². The molecule has 0 N–H and O–H groups in total. The average molecular weight is 409 g/mol. The van der Waals surface area contributed by atoms with E-state index < -0.39 is 0 Å². The van der Waals surface area contributed by atoms with E-state index in [4.69, 9.17) is 23.2 Å². The summed E-state index contributed by atoms with van der Waals surface area (Å²) >= 11 is 13.8. The van der Waals surface area contributed by atoms with Crippen LogP contribution in [0.5, 0.6) is 0 Å². The van der Waals surface area contributed by atoms with E-state index in [1.807, 2.05) is 30.5 Å². The van der Waals surface area contributed by atoms with Gasteiger partial charge in [-0.1, -0.05) is 29.3 Å². The van der Waals surface area contributed by atoms with Crippen molar-refractivity contribution in [2.75, 3.05) is 32.4 Å². The smallest absolute Gasteiger partial charge is 0.255 e. The second-order valence-corrected chi connectivity index (χ2v) is 7.58. The van der Waals surface area contributed by atoms with Gasteiger partial charge in [0.05, 0.1) is 15.6 Å². The molecule has 0 radical (unpaired) electrons. The molecular formula is C19H18Cl2N2O2S. The van der Waals surface area contributed by atoms with Crippen molar-refractivity contribution in [2.24, 2.45) is 0 Å². The van der Waals surface area contributed by atoms with Crippen molar-refractivity contribution in [3.05, 3.63) is 63.6 Å². The molecule has 26 heavy (non-hydrogen) atoms. The van der Waals surface area contributed by atoms with Crippen molar-refractivity contribution >= 4 is 46.8 Å². The predicted octanol–water partition coefficient (Wildman–Crippen LogP) is 4.31. The molecular weight excluding hydrogens is 391 g/mol. The Labute approximate surface area is 167 Å². The summed E-state index contributed by atoms with van der Waals surface area (Å²) < 4.78 is 0. The maximum absolute atomic E-state index is 12.7. The molecule has 0 atom stereocenters. The van der Waals surface area contributed by atoms with Crippen molar-refractivity contribution in [2.45, 2.75) is 4.90 Å². The molecule has 3 rings (SSSR count). The van der Waals surface area contributed by atoms with Gasteiger partial charge in [-0.05, 0) is 42.7 Å². The summed E-state index contributed by atoms with van der Waals surface area (Å²) in [7, 11) is 0. The lowest BCUT2D eigenvalue weighted by Gasteiger charge is -2.35. The first-order valence-electron chi connectivity index (χ1n) is 8.18. The molecule has 2 aromatic carbocycles. The average Bonchev–Trinajstić information content (AvgIpc) is 2.69. The summed E-state index contributed by atoms with van der Waals surface area (Å²) in [5.74, 6) is -0.167. The maximum Gasteiger partial charge on any atom is 0.255 e. The predicted molar refractivity (Wildman–Crippen MR) is 106 cm³/mol. The quantitative estimate of drug-likeness (QED) is 0.710. The largest absolute Gasteiger partial charge is 0.335 e. The zero-order chi connectivity index (χ0) is 18.7. The van der Waals surface area contributed by atoms with E-state index in [2.05, 4.69) is 0 Å². The topological polar surface area (TPSA) is 40.6 Å². The van der Waals surface area contributed by atoms with Crippen LogP contribution in [0.25, 0.3) is 0 Å². The number of carbonyl (C=O) groups is 2. The molecule has 1 saturated heterocycles. The van der Waals surface area contributed by atoms with Crippen molar-refractivity contribution in [1.82, 2.24) is 9.80 Å². The minimum atomic E-state index is -0.158. The van der Waals surface area contributed by atoms with Gasteiger partial charge in [0, 0.05) is 36.6 Å². The number of hydrogen-bond donors (Lipinski definition) is 0. The minimum absolute atomic E-state index is 0.00876. The molecule has 1 fully saturated rings. The summed E-state index contributed by atoms with van der Waals surface area (Å²) in [5, 5.41) is 0.631. The van der Waals surface area contributed by atoms with Crippen molar-refractivity contribution in [1.29, 1.82) is 0 Å². The van der Waals surface area contributed by atoms with Crippen LogP contribution in [0.4, 0.5) is 0 Å². The molecule has 7 heteroatoms. The summed E-state index contributed by atoms with van der Waals surface area (Å²) in [6, 6.07) is 12.6. The first-order valence-corrected chi connectivity index (χ1v) is 10.2. The molecule has 0 spiro atoms. The van der Waals surface area contributed by atoms with E-state index >= 15 is 0 Å². The van der Waals surface area contributed by atoms with Crippen LogP contribution in [0.3, 0.4) is 0 Å². The number of amides is 2. The molecule has 0 unspecified atom stereocenters. The van der Waals surface area contributed by atoms with Crippen molar-refractivity contribution in [3.63, 3.8) is 0 Å². The first kappa shape index (κ1) is 19.1. The van der Waals surface area contributed by atoms with E-state index in [0.717, 1.165) is 4.90 Å². The van der Waals surface area contributed by atoms with E-state index in [1.165, 1.54) is 0 Å². The fourth-order valence-electron chi connectivity index (χ4n) is 2.87. The molecule has 0 aliphatic carbocycles. The lowest BCUT2D eigenvalue weighted by Crippen LogP contribution is -2.50. The standard InChI is InChI=1S/C19H18Cl2N2O2S/c1-26-14-7-5-13(6-8-14)18(24)22-9-11-23(12-10-22)19(25)15-3-2-4-16(20)17(15)21/h2-8H,9-12H2,1H3. The van der Waals surface area contributed by atoms with E-state index in [-0.39, 0.29) is 16.8 Å². The zero-order valence-electron chi connectivity index (χ0n) is 14.2. The van der Waals surface area contributed by atoms with Crippen LogP contribution < -0.4 is 0 Å². The molecule has 0 aromatic heterocycles. The normalized spacial score (nSPS) is 14.4. The Morgan fingerprint density at radius 1 is 0.885 bits per heavy atom. The fourth-order valence-corrected chi connectivity index (χ4v) is 3.66. The maximum atomic E-state index is 12.7. The summed E-state index contributed by atoms with van der Waals surface area (Å²) in [6.45, 7) is 1.92. The van der Waals surface area contributed by atoms with Gasteiger partial charge in [-0.3, -0.25) is 9.59 Å². The lowest BCUT2D eigenvalue weighted by atomic mass is 10.1. The lowest BCUT2D eigenvalue weighted by molar-refractivity contribution is 0.0535. The third-order valence-corrected chi connectivity index (χ3v) is 5.94. The number of benzene rings is 2. The molecule has 2 amide bonds. The van der Waals surface area contributed by atoms with Crippen molar-refractivity contribution in [3.8, 4) is 0 Å². The highest BCUT2D eigenvalue weighted by Crippen LogP contribution is 2.27. The molecule has 1 heterocycles. The van der Waals surface area contributed by atoms with Crippen LogP contribution in [0.2, 0.25) is 10.0 Å². The Bertz CT molecular complexity index is 819. The Morgan fingerprint density at radius 3 is 2.04 bits per heavy atom. The molecule has 1 aliphatic heterocycles. The van der Waals surface area contributed by atoms with Gasteiger partial charge in [0.25, 0.3) is 11.8 Å². The number of thioether (sulfide) groups is 1. The highest BCUT2D eigenvalue weighted by molar-refractivity contribution is 7.98. The monoisotopic (exact) mass is 408 g/mol. The number of rotatable bonds is 3. The fraction of sp³-hybridized carbons (Fsp3) is 0.263. The van der Waals surface area contributed by atoms with E-state index in [0.29, 0.717) is 42.3 Å². The minimum Gasteiger partial charge on any atom is -0.335 e. The Balaban J connectivity index is 1.64. The molecule has 136 valence electrons. The van der Waals surface area contributed by atoms with Gasteiger partial charge >= 0.3 is 0 Å². The highest BCUT2D eigenvalue weighted by atomic mass is 35.5. The third-order valence-electron chi connectivity index (χ3n) is 4.37. The van der Waals surface area contributed by atoms with Gasteiger partial charge < -0.3 is 9.80 Å². The molecule has 1 aliphatic rings. The van der Waals surface area contributed by atoms with Gasteiger partial charge in [-0.25, -0.2) is 0 Å². The van der Waals surface area contributed by atoms with Crippen LogP contribution in [-0.2, 0) is 0 Å². The van der Waals surface area contributed by atoms with Gasteiger partial charge in [-0.15, -0.1) is 11.8 Å². The number of hydrogen-bond acceptors (Lipinski definition) is 3. The van der Waals surface area contributed by atoms with Gasteiger partial charge in [0.1, 0.15) is 0 Å². The number of carbonyl (C=O) groups excluding carboxylic acids is 2. The summed E-state index contributed by atoms with van der Waals surface area (Å²) in [4.78, 5) is 29.9. The van der Waals surface area contributed by atoms with Gasteiger partial charge in [0.2, 0.25) is 0 Å². The Kier molecular flexibility index (Phi) is 6.12. The third kappa shape index (κ3) is 4.00. The molecule has 0 saturated carbocycles. The number of piperazine rings is 1. The molecule has 2 aromatic rings. The Morgan fingerprint density at radius 2 is 1.46 bits per heavy atom. The second kappa shape index (κ2) is 8.33. The summed E-state index contributed by atoms with van der Waals surface area (Å²) in [5.41, 5.74) is 1.06. The van der Waals surface area contributed by atoms with Crippen LogP contribution in [0.1, 0.15) is 20.7 Å². The first-order chi connectivity index (χ1) is 12.5. The van der Waals surface area contributed by atoms with E-state index in [9.17, 15) is 9.59 Å². The second-order valence-electron chi connectivity index (χ2n) is 5.91. The number of nitrogens with zero attached hydrogens (tertiary/aromatic N) is 2. The highest BCUT2D eigenvalue weighted by Gasteiger charge is 2.26. The Hall–Kier alpha value is -1.69. The number of halogens is 2. The van der Waals surface area contributed by atoms with Crippen LogP contribution in [0.15, 0.2) is 47.4 Å². The summed E-state index contributed by atoms with van der Waals surface area (Å²) in [6.07, 6.45) is 2.00. The zero-order valence-corrected chi connectivity index (χ0v) is 16.6. The van der Waals surface area contributed by atoms with Gasteiger partial charge in [-0.2, -0.15) is 0 Å². The SMILES string of the molecule is CSc1ccc(C(=O)N2CCN(C(=O)c3cccc(Cl)c3Cl)CC2)cc1. The van der Waals surface area contributed by atoms with Gasteiger partial charge in [0.15, 0.2) is 0 Å². The van der Waals surface area contributed by atoms with Crippen LogP contribution in [-0.4, -0.2) is 54.0 Å². The van der Waals surface area contributed by atoms with Crippen LogP contribution >= 0.6 is 35.0 Å². The molecule has 0 bridgehead atoms. The van der Waals surface area contributed by atoms with E-state index in [1.54, 1.807) is 39.8 Å².